The van der Waals surface area contributed by atoms with E-state index < -0.39 is 0 Å². The molecule has 100 valence electrons. The molecule has 0 aliphatic rings. The number of rotatable bonds is 2. The molecule has 0 aliphatic heterocycles. The SMILES string of the molecule is COC(=O)c1ccc(-c2cc3cc(C)ccc3[nH]2)nc1. The number of aryl methyl sites for hydroxylation is 1. The summed E-state index contributed by atoms with van der Waals surface area (Å²) in [5.74, 6) is -0.378. The zero-order chi connectivity index (χ0) is 14.1. The predicted octanol–water partition coefficient (Wildman–Crippen LogP) is 3.32. The average molecular weight is 266 g/mol. The van der Waals surface area contributed by atoms with Crippen LogP contribution in [0.5, 0.6) is 0 Å². The van der Waals surface area contributed by atoms with Crippen LogP contribution in [0.1, 0.15) is 15.9 Å². The molecule has 0 bridgehead atoms. The van der Waals surface area contributed by atoms with Gasteiger partial charge in [0.25, 0.3) is 0 Å². The van der Waals surface area contributed by atoms with Crippen LogP contribution in [0.15, 0.2) is 42.6 Å². The van der Waals surface area contributed by atoms with Gasteiger partial charge < -0.3 is 9.72 Å². The maximum atomic E-state index is 11.4. The summed E-state index contributed by atoms with van der Waals surface area (Å²) in [7, 11) is 1.36. The Morgan fingerprint density at radius 3 is 2.75 bits per heavy atom. The number of aromatic nitrogens is 2. The number of esters is 1. The van der Waals surface area contributed by atoms with Gasteiger partial charge in [-0.25, -0.2) is 4.79 Å². The van der Waals surface area contributed by atoms with E-state index in [4.69, 9.17) is 0 Å². The number of pyridine rings is 1. The van der Waals surface area contributed by atoms with Crippen LogP contribution in [0.3, 0.4) is 0 Å². The molecule has 20 heavy (non-hydrogen) atoms. The van der Waals surface area contributed by atoms with E-state index in [0.29, 0.717) is 5.56 Å². The lowest BCUT2D eigenvalue weighted by Crippen LogP contribution is -2.01. The van der Waals surface area contributed by atoms with E-state index >= 15 is 0 Å². The number of hydrogen-bond acceptors (Lipinski definition) is 3. The summed E-state index contributed by atoms with van der Waals surface area (Å²) in [5, 5.41) is 1.15. The first-order valence-electron chi connectivity index (χ1n) is 6.31. The summed E-state index contributed by atoms with van der Waals surface area (Å²) in [6, 6.07) is 11.8. The van der Waals surface area contributed by atoms with Crippen LogP contribution in [-0.2, 0) is 4.74 Å². The number of carbonyl (C=O) groups excluding carboxylic acids is 1. The van der Waals surface area contributed by atoms with E-state index in [2.05, 4.69) is 45.9 Å². The molecule has 0 unspecified atom stereocenters. The third-order valence-electron chi connectivity index (χ3n) is 3.24. The normalized spacial score (nSPS) is 10.7. The Balaban J connectivity index is 2.00. The topological polar surface area (TPSA) is 55.0 Å². The summed E-state index contributed by atoms with van der Waals surface area (Å²) >= 11 is 0. The molecule has 0 saturated carbocycles. The van der Waals surface area contributed by atoms with Crippen molar-refractivity contribution < 1.29 is 9.53 Å². The molecule has 4 nitrogen and oxygen atoms in total. The lowest BCUT2D eigenvalue weighted by atomic mass is 10.1. The molecule has 3 rings (SSSR count). The minimum atomic E-state index is -0.378. The minimum absolute atomic E-state index is 0.378. The Kier molecular flexibility index (Phi) is 2.99. The van der Waals surface area contributed by atoms with Crippen molar-refractivity contribution in [2.75, 3.05) is 7.11 Å². The van der Waals surface area contributed by atoms with Crippen LogP contribution in [-0.4, -0.2) is 23.0 Å². The van der Waals surface area contributed by atoms with Gasteiger partial charge in [0.2, 0.25) is 0 Å². The summed E-state index contributed by atoms with van der Waals surface area (Å²) in [6.07, 6.45) is 1.53. The number of H-pyrrole nitrogens is 1. The highest BCUT2D eigenvalue weighted by Gasteiger charge is 2.08. The second kappa shape index (κ2) is 4.81. The smallest absolute Gasteiger partial charge is 0.339 e. The number of benzene rings is 1. The maximum absolute atomic E-state index is 11.4. The summed E-state index contributed by atoms with van der Waals surface area (Å²) < 4.78 is 4.66. The highest BCUT2D eigenvalue weighted by Crippen LogP contribution is 2.23. The molecular weight excluding hydrogens is 252 g/mol. The van der Waals surface area contributed by atoms with Crippen LogP contribution in [0.25, 0.3) is 22.3 Å². The van der Waals surface area contributed by atoms with E-state index in [0.717, 1.165) is 22.3 Å². The number of fused-ring (bicyclic) bond motifs is 1. The molecule has 1 N–H and O–H groups in total. The van der Waals surface area contributed by atoms with Crippen molar-refractivity contribution in [2.45, 2.75) is 6.92 Å². The fourth-order valence-electron chi connectivity index (χ4n) is 2.18. The number of nitrogens with zero attached hydrogens (tertiary/aromatic N) is 1. The number of methoxy groups -OCH3 is 1. The molecule has 3 aromatic rings. The van der Waals surface area contributed by atoms with Crippen LogP contribution in [0.2, 0.25) is 0 Å². The molecule has 0 amide bonds. The van der Waals surface area contributed by atoms with Gasteiger partial charge in [0, 0.05) is 17.1 Å². The van der Waals surface area contributed by atoms with Crippen molar-refractivity contribution in [3.63, 3.8) is 0 Å². The van der Waals surface area contributed by atoms with Crippen LogP contribution in [0.4, 0.5) is 0 Å². The van der Waals surface area contributed by atoms with Crippen molar-refractivity contribution in [1.29, 1.82) is 0 Å². The zero-order valence-corrected chi connectivity index (χ0v) is 11.3. The molecule has 2 heterocycles. The van der Waals surface area contributed by atoms with Gasteiger partial charge in [-0.1, -0.05) is 11.6 Å². The van der Waals surface area contributed by atoms with Gasteiger partial charge in [0.1, 0.15) is 0 Å². The van der Waals surface area contributed by atoms with E-state index in [1.807, 2.05) is 6.07 Å². The predicted molar refractivity (Wildman–Crippen MR) is 77.6 cm³/mol. The molecule has 0 saturated heterocycles. The molecule has 0 radical (unpaired) electrons. The Morgan fingerprint density at radius 2 is 2.05 bits per heavy atom. The van der Waals surface area contributed by atoms with Crippen LogP contribution < -0.4 is 0 Å². The quantitative estimate of drug-likeness (QED) is 0.724. The van der Waals surface area contributed by atoms with Crippen molar-refractivity contribution in [2.24, 2.45) is 0 Å². The Bertz CT molecular complexity index is 773. The van der Waals surface area contributed by atoms with Gasteiger partial charge in [0.15, 0.2) is 0 Å². The van der Waals surface area contributed by atoms with Crippen LogP contribution in [0, 0.1) is 6.92 Å². The number of ether oxygens (including phenoxy) is 1. The Labute approximate surface area is 116 Å². The largest absolute Gasteiger partial charge is 0.465 e. The van der Waals surface area contributed by atoms with E-state index in [-0.39, 0.29) is 5.97 Å². The second-order valence-electron chi connectivity index (χ2n) is 4.70. The standard InChI is InChI=1S/C16H14N2O2/c1-10-3-5-13-12(7-10)8-15(18-13)14-6-4-11(9-17-14)16(19)20-2/h3-9,18H,1-2H3. The number of nitrogens with one attached hydrogen (secondary N) is 1. The minimum Gasteiger partial charge on any atom is -0.465 e. The summed E-state index contributed by atoms with van der Waals surface area (Å²) in [6.45, 7) is 2.06. The van der Waals surface area contributed by atoms with Gasteiger partial charge in [0.05, 0.1) is 24.1 Å². The van der Waals surface area contributed by atoms with Crippen LogP contribution >= 0.6 is 0 Å². The lowest BCUT2D eigenvalue weighted by molar-refractivity contribution is 0.0600. The average Bonchev–Trinajstić information content (AvgIpc) is 2.89. The lowest BCUT2D eigenvalue weighted by Gasteiger charge is -2.00. The first-order chi connectivity index (χ1) is 9.67. The highest BCUT2D eigenvalue weighted by molar-refractivity contribution is 5.90. The molecule has 0 spiro atoms. The molecule has 0 atom stereocenters. The number of hydrogen-bond donors (Lipinski definition) is 1. The Hall–Kier alpha value is -2.62. The van der Waals surface area contributed by atoms with Crippen molar-refractivity contribution >= 4 is 16.9 Å². The molecule has 0 fully saturated rings. The fraction of sp³-hybridized carbons (Fsp3) is 0.125. The van der Waals surface area contributed by atoms with E-state index in [1.165, 1.54) is 18.9 Å². The van der Waals surface area contributed by atoms with Gasteiger partial charge in [-0.3, -0.25) is 4.98 Å². The molecule has 1 aromatic carbocycles. The van der Waals surface area contributed by atoms with Crippen molar-refractivity contribution in [3.05, 3.63) is 53.7 Å². The number of carbonyl (C=O) groups is 1. The molecule has 0 aliphatic carbocycles. The van der Waals surface area contributed by atoms with E-state index in [1.54, 1.807) is 6.07 Å². The van der Waals surface area contributed by atoms with Gasteiger partial charge >= 0.3 is 5.97 Å². The fourth-order valence-corrected chi connectivity index (χ4v) is 2.18. The maximum Gasteiger partial charge on any atom is 0.339 e. The molecular formula is C16H14N2O2. The first kappa shape index (κ1) is 12.4. The third-order valence-corrected chi connectivity index (χ3v) is 3.24. The number of aromatic amines is 1. The van der Waals surface area contributed by atoms with E-state index in [9.17, 15) is 4.79 Å². The second-order valence-corrected chi connectivity index (χ2v) is 4.70. The monoisotopic (exact) mass is 266 g/mol. The Morgan fingerprint density at radius 1 is 1.20 bits per heavy atom. The first-order valence-corrected chi connectivity index (χ1v) is 6.31. The third kappa shape index (κ3) is 2.16. The molecule has 2 aromatic heterocycles. The van der Waals surface area contributed by atoms with Crippen molar-refractivity contribution in [3.8, 4) is 11.4 Å². The van der Waals surface area contributed by atoms with Crippen molar-refractivity contribution in [1.82, 2.24) is 9.97 Å². The highest BCUT2D eigenvalue weighted by atomic mass is 16.5. The van der Waals surface area contributed by atoms with Gasteiger partial charge in [-0.05, 0) is 37.3 Å². The van der Waals surface area contributed by atoms with Gasteiger partial charge in [-0.15, -0.1) is 0 Å². The molecule has 4 heteroatoms. The summed E-state index contributed by atoms with van der Waals surface area (Å²) in [5.41, 5.74) is 4.47. The summed E-state index contributed by atoms with van der Waals surface area (Å²) in [4.78, 5) is 19.0. The van der Waals surface area contributed by atoms with Gasteiger partial charge in [-0.2, -0.15) is 0 Å². The zero-order valence-electron chi connectivity index (χ0n) is 11.3.